The quantitative estimate of drug-likeness (QED) is 0.645. The molecule has 2 heterocycles. The Morgan fingerprint density at radius 3 is 2.43 bits per heavy atom. The summed E-state index contributed by atoms with van der Waals surface area (Å²) in [7, 11) is 0. The first-order valence-corrected chi connectivity index (χ1v) is 5.47. The molecule has 2 unspecified atom stereocenters. The predicted octanol–water partition coefficient (Wildman–Crippen LogP) is 2.48. The Hall–Kier alpha value is -0.630. The normalized spacial score (nSPS) is 35.6. The van der Waals surface area contributed by atoms with E-state index in [0.29, 0.717) is 24.4 Å². The largest absolute Gasteiger partial charge is 0.375 e. The van der Waals surface area contributed by atoms with Gasteiger partial charge in [0.25, 0.3) is 0 Å². The van der Waals surface area contributed by atoms with Crippen LogP contribution in [-0.2, 0) is 9.53 Å². The lowest BCUT2D eigenvalue weighted by Gasteiger charge is -2.27. The minimum atomic E-state index is 0.248. The minimum Gasteiger partial charge on any atom is -0.375 e. The monoisotopic (exact) mass is 194 g/mol. The number of hydrogen-bond acceptors (Lipinski definition) is 2. The van der Waals surface area contributed by atoms with Crippen LogP contribution < -0.4 is 0 Å². The van der Waals surface area contributed by atoms with E-state index in [1.807, 2.05) is 6.92 Å². The highest BCUT2D eigenvalue weighted by Crippen LogP contribution is 2.36. The van der Waals surface area contributed by atoms with E-state index in [0.717, 1.165) is 31.3 Å². The first kappa shape index (κ1) is 9.91. The van der Waals surface area contributed by atoms with E-state index in [-0.39, 0.29) is 5.92 Å². The average Bonchev–Trinajstić information content (AvgIpc) is 2.44. The number of hydrogen-bond donors (Lipinski definition) is 0. The van der Waals surface area contributed by atoms with Crippen LogP contribution in [0.15, 0.2) is 12.2 Å². The van der Waals surface area contributed by atoms with E-state index < -0.39 is 0 Å². The fraction of sp³-hybridized carbons (Fsp3) is 0.750. The Morgan fingerprint density at radius 2 is 1.93 bits per heavy atom. The highest BCUT2D eigenvalue weighted by atomic mass is 16.5. The van der Waals surface area contributed by atoms with Gasteiger partial charge in [0.05, 0.1) is 12.2 Å². The number of rotatable bonds is 3. The predicted molar refractivity (Wildman–Crippen MR) is 55.1 cm³/mol. The molecule has 2 atom stereocenters. The van der Waals surface area contributed by atoms with E-state index in [1.165, 1.54) is 0 Å². The number of carbonyl (C=O) groups excluding carboxylic acids is 1. The lowest BCUT2D eigenvalue weighted by molar-refractivity contribution is -0.127. The van der Waals surface area contributed by atoms with Crippen LogP contribution in [0, 0.1) is 5.92 Å². The van der Waals surface area contributed by atoms with Crippen LogP contribution >= 0.6 is 0 Å². The highest BCUT2D eigenvalue weighted by molar-refractivity contribution is 5.83. The number of fused-ring (bicyclic) bond motifs is 2. The molecule has 0 N–H and O–H groups in total. The zero-order valence-corrected chi connectivity index (χ0v) is 8.79. The molecular formula is C12H18O2. The van der Waals surface area contributed by atoms with Gasteiger partial charge >= 0.3 is 0 Å². The van der Waals surface area contributed by atoms with Crippen LogP contribution in [0.1, 0.15) is 39.0 Å². The first-order chi connectivity index (χ1) is 6.65. The summed E-state index contributed by atoms with van der Waals surface area (Å²) in [6, 6.07) is 0. The van der Waals surface area contributed by atoms with Gasteiger partial charge in [0, 0.05) is 12.3 Å². The van der Waals surface area contributed by atoms with Gasteiger partial charge in [-0.3, -0.25) is 4.79 Å². The van der Waals surface area contributed by atoms with Gasteiger partial charge in [-0.2, -0.15) is 0 Å². The topological polar surface area (TPSA) is 26.3 Å². The average molecular weight is 194 g/mol. The molecule has 2 nitrogen and oxygen atoms in total. The second kappa shape index (κ2) is 3.85. The van der Waals surface area contributed by atoms with E-state index in [9.17, 15) is 4.79 Å². The van der Waals surface area contributed by atoms with Crippen LogP contribution in [0.2, 0.25) is 0 Å². The van der Waals surface area contributed by atoms with E-state index in [4.69, 9.17) is 4.74 Å². The molecule has 2 aliphatic heterocycles. The molecule has 0 saturated carbocycles. The lowest BCUT2D eigenvalue weighted by atomic mass is 9.89. The van der Waals surface area contributed by atoms with Gasteiger partial charge in [-0.1, -0.05) is 12.2 Å². The summed E-state index contributed by atoms with van der Waals surface area (Å²) >= 11 is 0. The lowest BCUT2D eigenvalue weighted by Crippen LogP contribution is -2.29. The molecule has 14 heavy (non-hydrogen) atoms. The molecule has 0 spiro atoms. The minimum absolute atomic E-state index is 0.248. The summed E-state index contributed by atoms with van der Waals surface area (Å²) in [5.74, 6) is 0.621. The first-order valence-electron chi connectivity index (χ1n) is 5.47. The Labute approximate surface area is 85.3 Å². The molecule has 2 saturated heterocycles. The number of ketones is 1. The third-order valence-corrected chi connectivity index (χ3v) is 3.22. The fourth-order valence-electron chi connectivity index (χ4n) is 2.56. The van der Waals surface area contributed by atoms with Crippen LogP contribution in [0.25, 0.3) is 0 Å². The smallest absolute Gasteiger partial charge is 0.140 e. The van der Waals surface area contributed by atoms with Gasteiger partial charge in [0.2, 0.25) is 0 Å². The zero-order valence-electron chi connectivity index (χ0n) is 8.79. The van der Waals surface area contributed by atoms with Crippen molar-refractivity contribution in [1.82, 2.24) is 0 Å². The van der Waals surface area contributed by atoms with Crippen LogP contribution in [0.5, 0.6) is 0 Å². The van der Waals surface area contributed by atoms with E-state index in [1.54, 1.807) is 0 Å². The number of carbonyl (C=O) groups is 1. The Morgan fingerprint density at radius 1 is 1.36 bits per heavy atom. The van der Waals surface area contributed by atoms with Crippen LogP contribution in [0.3, 0.4) is 0 Å². The number of Topliss-reactive ketones (excluding diaryl/α,β-unsaturated/α-hetero) is 1. The van der Waals surface area contributed by atoms with Crippen molar-refractivity contribution in [1.29, 1.82) is 0 Å². The maximum atomic E-state index is 11.8. The molecule has 0 aromatic rings. The molecule has 78 valence electrons. The standard InChI is InChI=1S/C12H18O2/c1-8(2)5-12(13)9-6-10-3-4-11(7-9)14-10/h9-11H,1,3-7H2,2H3. The molecular weight excluding hydrogens is 176 g/mol. The van der Waals surface area contributed by atoms with Gasteiger partial charge in [-0.05, 0) is 32.6 Å². The Balaban J connectivity index is 1.92. The van der Waals surface area contributed by atoms with Crippen molar-refractivity contribution in [3.8, 4) is 0 Å². The van der Waals surface area contributed by atoms with E-state index in [2.05, 4.69) is 6.58 Å². The maximum Gasteiger partial charge on any atom is 0.140 e. The van der Waals surface area contributed by atoms with Crippen molar-refractivity contribution >= 4 is 5.78 Å². The van der Waals surface area contributed by atoms with Crippen LogP contribution in [-0.4, -0.2) is 18.0 Å². The van der Waals surface area contributed by atoms with Crippen LogP contribution in [0.4, 0.5) is 0 Å². The van der Waals surface area contributed by atoms with Crippen molar-refractivity contribution in [2.24, 2.45) is 5.92 Å². The third kappa shape index (κ3) is 2.06. The Kier molecular flexibility index (Phi) is 2.73. The summed E-state index contributed by atoms with van der Waals surface area (Å²) < 4.78 is 5.71. The van der Waals surface area contributed by atoms with Gasteiger partial charge < -0.3 is 4.74 Å². The fourth-order valence-corrected chi connectivity index (χ4v) is 2.56. The van der Waals surface area contributed by atoms with Crippen molar-refractivity contribution in [2.45, 2.75) is 51.2 Å². The summed E-state index contributed by atoms with van der Waals surface area (Å²) in [5.41, 5.74) is 0.980. The molecule has 0 aromatic heterocycles. The molecule has 2 rings (SSSR count). The zero-order chi connectivity index (χ0) is 10.1. The van der Waals surface area contributed by atoms with Gasteiger partial charge in [0.1, 0.15) is 5.78 Å². The number of ether oxygens (including phenoxy) is 1. The van der Waals surface area contributed by atoms with Gasteiger partial charge in [0.15, 0.2) is 0 Å². The highest BCUT2D eigenvalue weighted by Gasteiger charge is 2.37. The van der Waals surface area contributed by atoms with Gasteiger partial charge in [-0.15, -0.1) is 0 Å². The number of allylic oxidation sites excluding steroid dienone is 1. The maximum absolute atomic E-state index is 11.8. The molecule has 0 aliphatic carbocycles. The summed E-state index contributed by atoms with van der Waals surface area (Å²) in [4.78, 5) is 11.8. The van der Waals surface area contributed by atoms with E-state index >= 15 is 0 Å². The third-order valence-electron chi connectivity index (χ3n) is 3.22. The summed E-state index contributed by atoms with van der Waals surface area (Å²) in [6.45, 7) is 5.71. The summed E-state index contributed by atoms with van der Waals surface area (Å²) in [6.07, 6.45) is 5.50. The molecule has 2 bridgehead atoms. The Bertz CT molecular complexity index is 245. The van der Waals surface area contributed by atoms with Gasteiger partial charge in [-0.25, -0.2) is 0 Å². The van der Waals surface area contributed by atoms with Crippen molar-refractivity contribution in [2.75, 3.05) is 0 Å². The molecule has 0 amide bonds. The summed E-state index contributed by atoms with van der Waals surface area (Å²) in [5, 5.41) is 0. The van der Waals surface area contributed by atoms with Crippen molar-refractivity contribution in [3.05, 3.63) is 12.2 Å². The molecule has 2 aliphatic rings. The SMILES string of the molecule is C=C(C)CC(=O)C1CC2CCC(C1)O2. The molecule has 0 radical (unpaired) electrons. The van der Waals surface area contributed by atoms with Crippen molar-refractivity contribution < 1.29 is 9.53 Å². The second-order valence-electron chi connectivity index (χ2n) is 4.73. The second-order valence-corrected chi connectivity index (χ2v) is 4.73. The molecule has 0 aromatic carbocycles. The molecule has 2 fully saturated rings. The van der Waals surface area contributed by atoms with Crippen molar-refractivity contribution in [3.63, 3.8) is 0 Å². The molecule has 2 heteroatoms.